The van der Waals surface area contributed by atoms with E-state index in [1.54, 1.807) is 12.1 Å². The van der Waals surface area contributed by atoms with E-state index in [1.165, 1.54) is 6.07 Å². The molecule has 1 aromatic carbocycles. The number of hydrogen-bond acceptors (Lipinski definition) is 2. The molecular weight excluding hydrogens is 330 g/mol. The minimum atomic E-state index is -0.235. The average Bonchev–Trinajstić information content (AvgIpc) is 2.36. The zero-order valence-electron chi connectivity index (χ0n) is 10.5. The van der Waals surface area contributed by atoms with Gasteiger partial charge >= 0.3 is 0 Å². The summed E-state index contributed by atoms with van der Waals surface area (Å²) in [5.41, 5.74) is 0.307. The zero-order valence-corrected chi connectivity index (χ0v) is 12.9. The number of aromatic hydroxyl groups is 1. The van der Waals surface area contributed by atoms with Crippen LogP contribution in [-0.4, -0.2) is 22.9 Å². The summed E-state index contributed by atoms with van der Waals surface area (Å²) in [6.45, 7) is 0.623. The molecule has 2 rings (SSSR count). The topological polar surface area (TPSA) is 49.3 Å². The van der Waals surface area contributed by atoms with E-state index in [0.717, 1.165) is 30.2 Å². The summed E-state index contributed by atoms with van der Waals surface area (Å²) in [5.74, 6) is 0.199. The molecule has 1 aliphatic rings. The lowest BCUT2D eigenvalue weighted by molar-refractivity contribution is 0.0941. The van der Waals surface area contributed by atoms with E-state index in [-0.39, 0.29) is 17.0 Å². The minimum absolute atomic E-state index is 0.00857. The fraction of sp³-hybridized carbons (Fsp3) is 0.500. The number of halogens is 2. The third-order valence-corrected chi connectivity index (χ3v) is 4.36. The van der Waals surface area contributed by atoms with Crippen LogP contribution in [0.1, 0.15) is 36.0 Å². The smallest absolute Gasteiger partial charge is 0.255 e. The van der Waals surface area contributed by atoms with Crippen LogP contribution in [0.25, 0.3) is 0 Å². The van der Waals surface area contributed by atoms with E-state index in [1.807, 2.05) is 0 Å². The van der Waals surface area contributed by atoms with Crippen LogP contribution in [0.3, 0.4) is 0 Å². The van der Waals surface area contributed by atoms with Gasteiger partial charge in [-0.05, 0) is 43.4 Å². The van der Waals surface area contributed by atoms with Gasteiger partial charge in [0, 0.05) is 16.4 Å². The number of phenols is 1. The average molecular weight is 347 g/mol. The van der Waals surface area contributed by atoms with Crippen LogP contribution in [0.15, 0.2) is 22.7 Å². The summed E-state index contributed by atoms with van der Waals surface area (Å²) in [7, 11) is 0. The molecule has 1 aromatic rings. The number of nitrogens with one attached hydrogen (secondary N) is 1. The zero-order chi connectivity index (χ0) is 13.8. The summed E-state index contributed by atoms with van der Waals surface area (Å²) in [5, 5.41) is 12.8. The second-order valence-corrected chi connectivity index (χ2v) is 6.53. The van der Waals surface area contributed by atoms with Gasteiger partial charge in [-0.15, -0.1) is 11.6 Å². The second-order valence-electron chi connectivity index (χ2n) is 5.00. The first-order valence-electron chi connectivity index (χ1n) is 6.47. The van der Waals surface area contributed by atoms with Crippen molar-refractivity contribution in [2.75, 3.05) is 6.54 Å². The summed E-state index contributed by atoms with van der Waals surface area (Å²) < 4.78 is 0.749. The Labute approximate surface area is 126 Å². The molecule has 1 aliphatic carbocycles. The Balaban J connectivity index is 1.90. The normalized spacial score (nSPS) is 23.1. The van der Waals surface area contributed by atoms with Crippen LogP contribution in [0.2, 0.25) is 0 Å². The highest BCUT2D eigenvalue weighted by Gasteiger charge is 2.21. The number of rotatable bonds is 3. The number of carbonyl (C=O) groups is 1. The van der Waals surface area contributed by atoms with Crippen molar-refractivity contribution < 1.29 is 9.90 Å². The fourth-order valence-corrected chi connectivity index (χ4v) is 3.20. The molecule has 0 spiro atoms. The fourth-order valence-electron chi connectivity index (χ4n) is 2.44. The number of hydrogen-bond donors (Lipinski definition) is 2. The molecule has 3 nitrogen and oxygen atoms in total. The first kappa shape index (κ1) is 14.7. The van der Waals surface area contributed by atoms with Crippen molar-refractivity contribution in [2.24, 2.45) is 5.92 Å². The number of phenolic OH excluding ortho intramolecular Hbond substituents is 1. The highest BCUT2D eigenvalue weighted by Crippen LogP contribution is 2.27. The van der Waals surface area contributed by atoms with Gasteiger partial charge in [0.15, 0.2) is 0 Å². The molecule has 0 aliphatic heterocycles. The van der Waals surface area contributed by atoms with Crippen LogP contribution in [0.5, 0.6) is 5.75 Å². The third kappa shape index (κ3) is 4.11. The van der Waals surface area contributed by atoms with Gasteiger partial charge in [0.25, 0.3) is 5.91 Å². The summed E-state index contributed by atoms with van der Waals surface area (Å²) in [6, 6.07) is 4.87. The first-order valence-corrected chi connectivity index (χ1v) is 7.70. The standard InChI is InChI=1S/C14H17BrClNO2/c15-10-4-5-12(13(18)7-10)14(19)17-8-9-2-1-3-11(16)6-9/h4-5,7,9,11,18H,1-3,6,8H2,(H,17,19). The lowest BCUT2D eigenvalue weighted by Crippen LogP contribution is -2.32. The number of amides is 1. The van der Waals surface area contributed by atoms with Gasteiger partial charge in [-0.2, -0.15) is 0 Å². The molecular formula is C14H17BrClNO2. The number of benzene rings is 1. The Hall–Kier alpha value is -0.740. The largest absolute Gasteiger partial charge is 0.507 e. The Morgan fingerprint density at radius 2 is 2.26 bits per heavy atom. The lowest BCUT2D eigenvalue weighted by atomic mass is 9.89. The highest BCUT2D eigenvalue weighted by atomic mass is 79.9. The lowest BCUT2D eigenvalue weighted by Gasteiger charge is -2.25. The maximum atomic E-state index is 12.0. The molecule has 5 heteroatoms. The van der Waals surface area contributed by atoms with Crippen LogP contribution in [0.4, 0.5) is 0 Å². The molecule has 2 unspecified atom stereocenters. The van der Waals surface area contributed by atoms with Crippen molar-refractivity contribution in [1.29, 1.82) is 0 Å². The Bertz CT molecular complexity index is 467. The molecule has 2 atom stereocenters. The Kier molecular flexibility index (Phi) is 5.11. The SMILES string of the molecule is O=C(NCC1CCCC(Cl)C1)c1ccc(Br)cc1O. The van der Waals surface area contributed by atoms with Crippen molar-refractivity contribution in [3.63, 3.8) is 0 Å². The molecule has 0 bridgehead atoms. The predicted molar refractivity (Wildman–Crippen MR) is 79.7 cm³/mol. The minimum Gasteiger partial charge on any atom is -0.507 e. The monoisotopic (exact) mass is 345 g/mol. The molecule has 19 heavy (non-hydrogen) atoms. The summed E-state index contributed by atoms with van der Waals surface area (Å²) in [6.07, 6.45) is 4.25. The molecule has 0 aromatic heterocycles. The molecule has 1 saturated carbocycles. The number of alkyl halides is 1. The van der Waals surface area contributed by atoms with Crippen LogP contribution >= 0.6 is 27.5 Å². The summed E-state index contributed by atoms with van der Waals surface area (Å²) >= 11 is 9.38. The van der Waals surface area contributed by atoms with Gasteiger partial charge in [0.05, 0.1) is 5.56 Å². The molecule has 1 amide bonds. The molecule has 2 N–H and O–H groups in total. The van der Waals surface area contributed by atoms with E-state index in [2.05, 4.69) is 21.2 Å². The third-order valence-electron chi connectivity index (χ3n) is 3.47. The van der Waals surface area contributed by atoms with Crippen molar-refractivity contribution in [3.8, 4) is 5.75 Å². The Morgan fingerprint density at radius 3 is 2.95 bits per heavy atom. The van der Waals surface area contributed by atoms with Crippen molar-refractivity contribution in [3.05, 3.63) is 28.2 Å². The van der Waals surface area contributed by atoms with Gasteiger partial charge in [-0.1, -0.05) is 22.4 Å². The van der Waals surface area contributed by atoms with Gasteiger partial charge < -0.3 is 10.4 Å². The van der Waals surface area contributed by atoms with Crippen LogP contribution in [-0.2, 0) is 0 Å². The van der Waals surface area contributed by atoms with Gasteiger partial charge in [0.2, 0.25) is 0 Å². The Morgan fingerprint density at radius 1 is 1.47 bits per heavy atom. The van der Waals surface area contributed by atoms with Crippen molar-refractivity contribution >= 4 is 33.4 Å². The molecule has 0 radical (unpaired) electrons. The van der Waals surface area contributed by atoms with Crippen molar-refractivity contribution in [2.45, 2.75) is 31.1 Å². The molecule has 0 saturated heterocycles. The maximum Gasteiger partial charge on any atom is 0.255 e. The number of carbonyl (C=O) groups excluding carboxylic acids is 1. The predicted octanol–water partition coefficient (Wildman–Crippen LogP) is 3.68. The van der Waals surface area contributed by atoms with Crippen molar-refractivity contribution in [1.82, 2.24) is 5.32 Å². The van der Waals surface area contributed by atoms with Crippen LogP contribution < -0.4 is 5.32 Å². The quantitative estimate of drug-likeness (QED) is 0.820. The molecule has 0 heterocycles. The van der Waals surface area contributed by atoms with E-state index in [4.69, 9.17) is 11.6 Å². The highest BCUT2D eigenvalue weighted by molar-refractivity contribution is 9.10. The van der Waals surface area contributed by atoms with Gasteiger partial charge in [-0.25, -0.2) is 0 Å². The van der Waals surface area contributed by atoms with E-state index in [9.17, 15) is 9.90 Å². The molecule has 1 fully saturated rings. The van der Waals surface area contributed by atoms with Crippen LogP contribution in [0, 0.1) is 5.92 Å². The second kappa shape index (κ2) is 6.62. The van der Waals surface area contributed by atoms with E-state index >= 15 is 0 Å². The first-order chi connectivity index (χ1) is 9.06. The van der Waals surface area contributed by atoms with Gasteiger partial charge in [0.1, 0.15) is 5.75 Å². The van der Waals surface area contributed by atoms with E-state index < -0.39 is 0 Å². The van der Waals surface area contributed by atoms with Gasteiger partial charge in [-0.3, -0.25) is 4.79 Å². The maximum absolute atomic E-state index is 12.0. The van der Waals surface area contributed by atoms with E-state index in [0.29, 0.717) is 18.0 Å². The molecule has 104 valence electrons. The summed E-state index contributed by atoms with van der Waals surface area (Å²) in [4.78, 5) is 12.0.